The monoisotopic (exact) mass is 425 g/mol. The third kappa shape index (κ3) is 7.23. The zero-order valence-electron chi connectivity index (χ0n) is 17.8. The van der Waals surface area contributed by atoms with Gasteiger partial charge in [-0.15, -0.1) is 0 Å². The summed E-state index contributed by atoms with van der Waals surface area (Å²) >= 11 is 0. The first kappa shape index (κ1) is 23.6. The van der Waals surface area contributed by atoms with Gasteiger partial charge in [-0.05, 0) is 36.4 Å². The number of imide groups is 1. The van der Waals surface area contributed by atoms with Gasteiger partial charge in [0.1, 0.15) is 6.04 Å². The lowest BCUT2D eigenvalue weighted by molar-refractivity contribution is -0.127. The molecule has 0 saturated heterocycles. The molecular weight excluding hydrogens is 398 g/mol. The molecule has 0 aliphatic rings. The molecule has 0 saturated carbocycles. The van der Waals surface area contributed by atoms with E-state index in [2.05, 4.69) is 21.3 Å². The molecular formula is C22H27N5O4. The van der Waals surface area contributed by atoms with Gasteiger partial charge in [0.2, 0.25) is 17.7 Å². The molecule has 2 rings (SSSR count). The molecule has 0 radical (unpaired) electrons. The molecule has 0 aromatic heterocycles. The average Bonchev–Trinajstić information content (AvgIpc) is 2.74. The number of benzene rings is 2. The number of hydrogen-bond donors (Lipinski definition) is 4. The zero-order valence-corrected chi connectivity index (χ0v) is 17.8. The third-order valence-corrected chi connectivity index (χ3v) is 4.43. The lowest BCUT2D eigenvalue weighted by atomic mass is 10.0. The molecule has 0 bridgehead atoms. The number of hydrogen-bond acceptors (Lipinski definition) is 5. The molecule has 0 heterocycles. The molecule has 9 heteroatoms. The van der Waals surface area contributed by atoms with Gasteiger partial charge in [-0.2, -0.15) is 0 Å². The first-order chi connectivity index (χ1) is 14.8. The van der Waals surface area contributed by atoms with E-state index in [1.165, 1.54) is 14.0 Å². The number of amides is 5. The van der Waals surface area contributed by atoms with E-state index in [0.29, 0.717) is 23.5 Å². The highest BCUT2D eigenvalue weighted by atomic mass is 16.2. The van der Waals surface area contributed by atoms with E-state index in [1.807, 2.05) is 13.0 Å². The van der Waals surface area contributed by atoms with Crippen molar-refractivity contribution in [2.75, 3.05) is 30.8 Å². The second-order valence-corrected chi connectivity index (χ2v) is 6.75. The van der Waals surface area contributed by atoms with E-state index in [9.17, 15) is 19.2 Å². The van der Waals surface area contributed by atoms with Gasteiger partial charge < -0.3 is 16.0 Å². The topological polar surface area (TPSA) is 120 Å². The fourth-order valence-electron chi connectivity index (χ4n) is 3.02. The Hall–Kier alpha value is -3.72. The molecule has 0 aliphatic heterocycles. The fourth-order valence-corrected chi connectivity index (χ4v) is 3.02. The van der Waals surface area contributed by atoms with Crippen molar-refractivity contribution in [3.63, 3.8) is 0 Å². The van der Waals surface area contributed by atoms with Crippen LogP contribution < -0.4 is 21.3 Å². The molecule has 0 spiro atoms. The number of carbonyl (C=O) groups is 4. The minimum Gasteiger partial charge on any atom is -0.341 e. The predicted octanol–water partition coefficient (Wildman–Crippen LogP) is 2.10. The van der Waals surface area contributed by atoms with Crippen molar-refractivity contribution in [1.82, 2.24) is 15.5 Å². The smallest absolute Gasteiger partial charge is 0.321 e. The minimum atomic E-state index is -0.823. The van der Waals surface area contributed by atoms with Crippen LogP contribution in [0.4, 0.5) is 16.2 Å². The average molecular weight is 425 g/mol. The maximum absolute atomic E-state index is 12.8. The number of rotatable bonds is 8. The summed E-state index contributed by atoms with van der Waals surface area (Å²) in [6.45, 7) is 3.58. The second-order valence-electron chi connectivity index (χ2n) is 6.75. The summed E-state index contributed by atoms with van der Waals surface area (Å²) in [5, 5.41) is 10.1. The summed E-state index contributed by atoms with van der Waals surface area (Å²) in [7, 11) is 1.42. The van der Waals surface area contributed by atoms with Gasteiger partial charge in [-0.1, -0.05) is 37.3 Å². The molecule has 31 heavy (non-hydrogen) atoms. The molecule has 0 fully saturated rings. The van der Waals surface area contributed by atoms with Crippen LogP contribution in [-0.2, 0) is 14.4 Å². The Bertz CT molecular complexity index is 915. The van der Waals surface area contributed by atoms with Crippen LogP contribution in [-0.4, -0.2) is 48.8 Å². The Morgan fingerprint density at radius 2 is 1.48 bits per heavy atom. The highest BCUT2D eigenvalue weighted by Gasteiger charge is 2.29. The van der Waals surface area contributed by atoms with Gasteiger partial charge in [0.05, 0.1) is 6.54 Å². The summed E-state index contributed by atoms with van der Waals surface area (Å²) in [4.78, 5) is 49.9. The van der Waals surface area contributed by atoms with Crippen LogP contribution in [0.2, 0.25) is 0 Å². The molecule has 9 nitrogen and oxygen atoms in total. The number of carbonyl (C=O) groups excluding carboxylic acids is 4. The number of anilines is 2. The van der Waals surface area contributed by atoms with Gasteiger partial charge in [-0.25, -0.2) is 4.79 Å². The lowest BCUT2D eigenvalue weighted by Crippen LogP contribution is -2.47. The van der Waals surface area contributed by atoms with Gasteiger partial charge >= 0.3 is 6.03 Å². The van der Waals surface area contributed by atoms with Gasteiger partial charge in [0.25, 0.3) is 0 Å². The molecule has 0 aliphatic carbocycles. The Kier molecular flexibility index (Phi) is 8.71. The molecule has 164 valence electrons. The summed E-state index contributed by atoms with van der Waals surface area (Å²) in [6.07, 6.45) is 0. The van der Waals surface area contributed by atoms with Crippen molar-refractivity contribution in [3.05, 3.63) is 60.2 Å². The van der Waals surface area contributed by atoms with Crippen molar-refractivity contribution in [1.29, 1.82) is 0 Å². The van der Waals surface area contributed by atoms with Crippen molar-refractivity contribution in [2.24, 2.45) is 0 Å². The predicted molar refractivity (Wildman–Crippen MR) is 118 cm³/mol. The summed E-state index contributed by atoms with van der Waals surface area (Å²) < 4.78 is 0. The highest BCUT2D eigenvalue weighted by Crippen LogP contribution is 2.21. The van der Waals surface area contributed by atoms with E-state index in [4.69, 9.17) is 0 Å². The Balaban J connectivity index is 2.14. The lowest BCUT2D eigenvalue weighted by Gasteiger charge is -2.29. The number of likely N-dealkylation sites (N-methyl/N-ethyl adjacent to an activating group) is 1. The van der Waals surface area contributed by atoms with Crippen LogP contribution in [0.25, 0.3) is 0 Å². The number of urea groups is 1. The third-order valence-electron chi connectivity index (χ3n) is 4.43. The zero-order chi connectivity index (χ0) is 22.8. The van der Waals surface area contributed by atoms with E-state index in [0.717, 1.165) is 0 Å². The first-order valence-electron chi connectivity index (χ1n) is 9.83. The van der Waals surface area contributed by atoms with Crippen molar-refractivity contribution in [2.45, 2.75) is 19.9 Å². The summed E-state index contributed by atoms with van der Waals surface area (Å²) in [5.74, 6) is -1.03. The van der Waals surface area contributed by atoms with E-state index >= 15 is 0 Å². The number of nitrogens with zero attached hydrogens (tertiary/aromatic N) is 1. The summed E-state index contributed by atoms with van der Waals surface area (Å²) in [6, 6.07) is 14.2. The molecule has 4 N–H and O–H groups in total. The SMILES string of the molecule is CCN(CC(=O)Nc1ccc(NC(C)=O)cc1)[C@@H](C(=O)NC(=O)NC)c1ccccc1. The molecule has 5 amide bonds. The quantitative estimate of drug-likeness (QED) is 0.516. The standard InChI is InChI=1S/C22H27N5O4/c1-4-27(14-19(29)25-18-12-10-17(11-13-18)24-15(2)28)20(16-8-6-5-7-9-16)21(30)26-22(31)23-3/h5-13,20H,4,14H2,1-3H3,(H,24,28)(H,25,29)(H2,23,26,30,31)/t20-/m1/s1. The molecule has 0 unspecified atom stereocenters. The van der Waals surface area contributed by atoms with Crippen molar-refractivity contribution >= 4 is 35.1 Å². The van der Waals surface area contributed by atoms with Crippen LogP contribution in [0.5, 0.6) is 0 Å². The van der Waals surface area contributed by atoms with E-state index < -0.39 is 18.0 Å². The van der Waals surface area contributed by atoms with Crippen LogP contribution in [0.1, 0.15) is 25.5 Å². The largest absolute Gasteiger partial charge is 0.341 e. The van der Waals surface area contributed by atoms with Crippen LogP contribution >= 0.6 is 0 Å². The summed E-state index contributed by atoms with van der Waals surface area (Å²) in [5.41, 5.74) is 1.84. The Morgan fingerprint density at radius 1 is 0.903 bits per heavy atom. The van der Waals surface area contributed by atoms with Crippen LogP contribution in [0.3, 0.4) is 0 Å². The van der Waals surface area contributed by atoms with Gasteiger partial charge in [0.15, 0.2) is 0 Å². The van der Waals surface area contributed by atoms with Crippen LogP contribution in [0.15, 0.2) is 54.6 Å². The molecule has 2 aromatic rings. The first-order valence-corrected chi connectivity index (χ1v) is 9.83. The van der Waals surface area contributed by atoms with E-state index in [1.54, 1.807) is 53.4 Å². The normalized spacial score (nSPS) is 11.4. The van der Waals surface area contributed by atoms with E-state index in [-0.39, 0.29) is 18.4 Å². The molecule has 2 aromatic carbocycles. The van der Waals surface area contributed by atoms with Crippen LogP contribution in [0, 0.1) is 0 Å². The van der Waals surface area contributed by atoms with Crippen molar-refractivity contribution in [3.8, 4) is 0 Å². The fraction of sp³-hybridized carbons (Fsp3) is 0.273. The number of nitrogens with one attached hydrogen (secondary N) is 4. The second kappa shape index (κ2) is 11.5. The maximum Gasteiger partial charge on any atom is 0.321 e. The Labute approximate surface area is 181 Å². The van der Waals surface area contributed by atoms with Crippen molar-refractivity contribution < 1.29 is 19.2 Å². The Morgan fingerprint density at radius 3 is 2.00 bits per heavy atom. The van der Waals surface area contributed by atoms with Gasteiger partial charge in [0, 0.05) is 25.3 Å². The minimum absolute atomic E-state index is 0.0648. The highest BCUT2D eigenvalue weighted by molar-refractivity contribution is 5.98. The maximum atomic E-state index is 12.8. The van der Waals surface area contributed by atoms with Gasteiger partial charge in [-0.3, -0.25) is 24.6 Å². The molecule has 1 atom stereocenters.